The molecule has 3 aromatic heterocycles. The van der Waals surface area contributed by atoms with E-state index in [0.29, 0.717) is 73.1 Å². The van der Waals surface area contributed by atoms with Crippen LogP contribution in [0.15, 0.2) is 41.5 Å². The summed E-state index contributed by atoms with van der Waals surface area (Å²) >= 11 is 0. The molecule has 0 spiro atoms. The highest BCUT2D eigenvalue weighted by Gasteiger charge is 2.34. The van der Waals surface area contributed by atoms with Crippen LogP contribution >= 0.6 is 0 Å². The van der Waals surface area contributed by atoms with Crippen molar-refractivity contribution in [3.63, 3.8) is 0 Å². The van der Waals surface area contributed by atoms with Crippen molar-refractivity contribution < 1.29 is 18.7 Å². The van der Waals surface area contributed by atoms with Crippen molar-refractivity contribution in [3.05, 3.63) is 64.1 Å². The van der Waals surface area contributed by atoms with Gasteiger partial charge in [-0.1, -0.05) is 6.58 Å². The predicted octanol–water partition coefficient (Wildman–Crippen LogP) is 1.51. The van der Waals surface area contributed by atoms with Crippen molar-refractivity contribution in [1.82, 2.24) is 24.8 Å². The number of nitrogens with one attached hydrogen (secondary N) is 1. The van der Waals surface area contributed by atoms with Gasteiger partial charge >= 0.3 is 6.09 Å². The first-order chi connectivity index (χ1) is 16.4. The third kappa shape index (κ3) is 4.10. The number of nitrogens with zero attached hydrogens (tertiary/aromatic N) is 5. The zero-order valence-corrected chi connectivity index (χ0v) is 18.6. The molecule has 0 aromatic carbocycles. The van der Waals surface area contributed by atoms with Crippen LogP contribution in [0.25, 0.3) is 11.0 Å². The van der Waals surface area contributed by atoms with Gasteiger partial charge in [-0.15, -0.1) is 0 Å². The minimum atomic E-state index is -0.502. The minimum absolute atomic E-state index is 0.228. The van der Waals surface area contributed by atoms with Gasteiger partial charge in [-0.2, -0.15) is 0 Å². The Hall–Kier alpha value is -3.86. The predicted molar refractivity (Wildman–Crippen MR) is 122 cm³/mol. The number of halogens is 1. The fourth-order valence-electron chi connectivity index (χ4n) is 4.16. The second kappa shape index (κ2) is 8.82. The summed E-state index contributed by atoms with van der Waals surface area (Å²) < 4.78 is 26.8. The maximum absolute atomic E-state index is 14.5. The highest BCUT2D eigenvalue weighted by Crippen LogP contribution is 2.26. The molecule has 10 nitrogen and oxygen atoms in total. The Morgan fingerprint density at radius 3 is 2.97 bits per heavy atom. The van der Waals surface area contributed by atoms with Crippen molar-refractivity contribution in [2.75, 3.05) is 31.1 Å². The topological polar surface area (TPSA) is 111 Å². The summed E-state index contributed by atoms with van der Waals surface area (Å²) in [5.74, 6) is 0.387. The van der Waals surface area contributed by atoms with Crippen molar-refractivity contribution in [1.29, 1.82) is 0 Å². The molecule has 176 valence electrons. The van der Waals surface area contributed by atoms with Gasteiger partial charge in [0.15, 0.2) is 5.82 Å². The number of fused-ring (bicyclic) bond motifs is 2. The SMILES string of the molecule is C=C1COc2ncc(N3C[C@H](CNCCc4c(F)cnc5ccc(=O)n(C)c45)OC3=O)nc2C1. The first kappa shape index (κ1) is 22.0. The van der Waals surface area contributed by atoms with Crippen LogP contribution < -0.4 is 20.5 Å². The summed E-state index contributed by atoms with van der Waals surface area (Å²) in [6.07, 6.45) is 2.64. The number of hydrogen-bond acceptors (Lipinski definition) is 8. The van der Waals surface area contributed by atoms with Gasteiger partial charge < -0.3 is 19.4 Å². The standard InChI is InChI=1S/C23H23FN6O4/c1-13-7-18-22(33-12-13)27-10-19(28-18)30-11-14(34-23(30)32)8-25-6-5-15-16(24)9-26-17-3-4-20(31)29(2)21(15)17/h3-4,9-10,14,25H,1,5-8,11-12H2,2H3/t14-/m0/s1. The lowest BCUT2D eigenvalue weighted by Crippen LogP contribution is -2.32. The Balaban J connectivity index is 1.21. The lowest BCUT2D eigenvalue weighted by atomic mass is 10.1. The molecule has 0 bridgehead atoms. The van der Waals surface area contributed by atoms with Gasteiger partial charge in [-0.3, -0.25) is 14.7 Å². The smallest absolute Gasteiger partial charge is 0.416 e. The molecule has 1 amide bonds. The van der Waals surface area contributed by atoms with Crippen molar-refractivity contribution in [3.8, 4) is 5.88 Å². The number of carbonyl (C=O) groups excluding carboxylic acids is 1. The molecule has 0 aliphatic carbocycles. The van der Waals surface area contributed by atoms with Crippen LogP contribution in [0.1, 0.15) is 11.3 Å². The zero-order chi connectivity index (χ0) is 23.8. The normalized spacial score (nSPS) is 17.6. The van der Waals surface area contributed by atoms with E-state index >= 15 is 0 Å². The number of anilines is 1. The molecule has 34 heavy (non-hydrogen) atoms. The van der Waals surface area contributed by atoms with Crippen LogP contribution in [0.3, 0.4) is 0 Å². The number of rotatable bonds is 6. The quantitative estimate of drug-likeness (QED) is 0.430. The number of aromatic nitrogens is 4. The number of amides is 1. The molecule has 0 radical (unpaired) electrons. The van der Waals surface area contributed by atoms with Crippen LogP contribution in [-0.4, -0.2) is 58.0 Å². The Morgan fingerprint density at radius 1 is 1.26 bits per heavy atom. The number of carbonyl (C=O) groups is 1. The second-order valence-corrected chi connectivity index (χ2v) is 8.32. The van der Waals surface area contributed by atoms with E-state index in [4.69, 9.17) is 9.47 Å². The van der Waals surface area contributed by atoms with E-state index < -0.39 is 18.0 Å². The molecule has 5 rings (SSSR count). The fourth-order valence-corrected chi connectivity index (χ4v) is 4.16. The van der Waals surface area contributed by atoms with E-state index in [9.17, 15) is 14.0 Å². The first-order valence-electron chi connectivity index (χ1n) is 10.9. The molecular formula is C23H23FN6O4. The third-order valence-electron chi connectivity index (χ3n) is 5.88. The second-order valence-electron chi connectivity index (χ2n) is 8.32. The monoisotopic (exact) mass is 466 g/mol. The molecule has 0 unspecified atom stereocenters. The molecule has 1 N–H and O–H groups in total. The van der Waals surface area contributed by atoms with Crippen molar-refractivity contribution in [2.45, 2.75) is 18.9 Å². The summed E-state index contributed by atoms with van der Waals surface area (Å²) in [6.45, 7) is 5.43. The van der Waals surface area contributed by atoms with Crippen LogP contribution in [0.2, 0.25) is 0 Å². The van der Waals surface area contributed by atoms with Gasteiger partial charge in [-0.05, 0) is 24.6 Å². The van der Waals surface area contributed by atoms with Gasteiger partial charge in [-0.25, -0.2) is 19.2 Å². The van der Waals surface area contributed by atoms with E-state index in [2.05, 4.69) is 26.8 Å². The van der Waals surface area contributed by atoms with Crippen LogP contribution in [-0.2, 0) is 24.6 Å². The van der Waals surface area contributed by atoms with E-state index in [0.717, 1.165) is 5.57 Å². The van der Waals surface area contributed by atoms with E-state index in [-0.39, 0.29) is 5.56 Å². The number of cyclic esters (lactones) is 1. The van der Waals surface area contributed by atoms with Gasteiger partial charge in [0.05, 0.1) is 30.0 Å². The Morgan fingerprint density at radius 2 is 2.12 bits per heavy atom. The summed E-state index contributed by atoms with van der Waals surface area (Å²) in [4.78, 5) is 38.7. The van der Waals surface area contributed by atoms with Crippen LogP contribution in [0.5, 0.6) is 5.88 Å². The average molecular weight is 466 g/mol. The maximum Gasteiger partial charge on any atom is 0.416 e. The summed E-state index contributed by atoms with van der Waals surface area (Å²) in [6, 6.07) is 3.00. The molecule has 3 aromatic rings. The van der Waals surface area contributed by atoms with E-state index in [1.165, 1.54) is 27.9 Å². The molecule has 1 saturated heterocycles. The van der Waals surface area contributed by atoms with Gasteiger partial charge in [0.25, 0.3) is 5.56 Å². The van der Waals surface area contributed by atoms with Crippen molar-refractivity contribution in [2.24, 2.45) is 7.05 Å². The Labute approximate surface area is 194 Å². The average Bonchev–Trinajstić information content (AvgIpc) is 3.20. The van der Waals surface area contributed by atoms with Gasteiger partial charge in [0.1, 0.15) is 24.2 Å². The lowest BCUT2D eigenvalue weighted by molar-refractivity contribution is 0.140. The minimum Gasteiger partial charge on any atom is -0.472 e. The maximum atomic E-state index is 14.5. The largest absolute Gasteiger partial charge is 0.472 e. The van der Waals surface area contributed by atoms with E-state index in [1.54, 1.807) is 13.1 Å². The third-order valence-corrected chi connectivity index (χ3v) is 5.88. The zero-order valence-electron chi connectivity index (χ0n) is 18.6. The Bertz CT molecular complexity index is 1360. The highest BCUT2D eigenvalue weighted by molar-refractivity contribution is 5.88. The van der Waals surface area contributed by atoms with Gasteiger partial charge in [0.2, 0.25) is 5.88 Å². The summed E-state index contributed by atoms with van der Waals surface area (Å²) in [5.41, 5.74) is 2.75. The molecule has 1 atom stereocenters. The van der Waals surface area contributed by atoms with Gasteiger partial charge in [0, 0.05) is 31.6 Å². The number of ether oxygens (including phenoxy) is 2. The lowest BCUT2D eigenvalue weighted by Gasteiger charge is -2.19. The molecule has 2 aliphatic rings. The highest BCUT2D eigenvalue weighted by atomic mass is 19.1. The van der Waals surface area contributed by atoms with Crippen LogP contribution in [0, 0.1) is 5.82 Å². The van der Waals surface area contributed by atoms with E-state index in [1.807, 2.05) is 0 Å². The summed E-state index contributed by atoms with van der Waals surface area (Å²) in [7, 11) is 1.60. The molecular weight excluding hydrogens is 443 g/mol. The number of pyridine rings is 2. The number of hydrogen-bond donors (Lipinski definition) is 1. The fraction of sp³-hybridized carbons (Fsp3) is 0.348. The van der Waals surface area contributed by atoms with Crippen molar-refractivity contribution >= 4 is 22.9 Å². The number of aryl methyl sites for hydroxylation is 1. The molecule has 0 saturated carbocycles. The molecule has 11 heteroatoms. The molecule has 5 heterocycles. The first-order valence-corrected chi connectivity index (χ1v) is 10.9. The Kier molecular flexibility index (Phi) is 5.70. The molecule has 2 aliphatic heterocycles. The molecule has 1 fully saturated rings. The van der Waals surface area contributed by atoms with Crippen LogP contribution in [0.4, 0.5) is 15.0 Å². The summed E-state index contributed by atoms with van der Waals surface area (Å²) in [5, 5.41) is 3.20.